The molecule has 2 N–H and O–H groups in total. The molecule has 6 heteroatoms. The van der Waals surface area contributed by atoms with Crippen LogP contribution >= 0.6 is 11.3 Å². The number of carboxylic acids is 1. The van der Waals surface area contributed by atoms with Crippen LogP contribution in [-0.4, -0.2) is 22.0 Å². The summed E-state index contributed by atoms with van der Waals surface area (Å²) >= 11 is 1.29. The normalized spacial score (nSPS) is 10.3. The Labute approximate surface area is 142 Å². The van der Waals surface area contributed by atoms with Crippen LogP contribution in [0.2, 0.25) is 0 Å². The smallest absolute Gasteiger partial charge is 0.335 e. The molecule has 0 saturated carbocycles. The number of carbonyl (C=O) groups excluding carboxylic acids is 1. The fraction of sp³-hybridized carbons (Fsp3) is 0.0556. The zero-order valence-corrected chi connectivity index (χ0v) is 13.4. The molecule has 0 unspecified atom stereocenters. The largest absolute Gasteiger partial charge is 0.478 e. The van der Waals surface area contributed by atoms with Crippen molar-refractivity contribution in [2.24, 2.45) is 0 Å². The molecule has 0 atom stereocenters. The lowest BCUT2D eigenvalue weighted by atomic mass is 10.1. The van der Waals surface area contributed by atoms with Crippen LogP contribution in [0.5, 0.6) is 0 Å². The number of carbonyl (C=O) groups is 2. The second-order valence-electron chi connectivity index (χ2n) is 5.08. The van der Waals surface area contributed by atoms with Crippen LogP contribution in [0, 0.1) is 0 Å². The Morgan fingerprint density at radius 3 is 2.42 bits per heavy atom. The topological polar surface area (TPSA) is 79.3 Å². The van der Waals surface area contributed by atoms with E-state index in [1.54, 1.807) is 17.6 Å². The van der Waals surface area contributed by atoms with Gasteiger partial charge in [-0.15, -0.1) is 11.3 Å². The minimum atomic E-state index is -0.970. The predicted octanol–water partition coefficient (Wildman–Crippen LogP) is 3.44. The maximum atomic E-state index is 12.4. The maximum absolute atomic E-state index is 12.4. The number of nitrogens with zero attached hydrogens (tertiary/aromatic N) is 1. The van der Waals surface area contributed by atoms with Gasteiger partial charge in [-0.2, -0.15) is 0 Å². The Morgan fingerprint density at radius 2 is 1.75 bits per heavy atom. The molecule has 0 spiro atoms. The molecule has 120 valence electrons. The Morgan fingerprint density at radius 1 is 1.04 bits per heavy atom. The fourth-order valence-electron chi connectivity index (χ4n) is 2.24. The van der Waals surface area contributed by atoms with Gasteiger partial charge in [0.25, 0.3) is 5.91 Å². The Kier molecular flexibility index (Phi) is 4.67. The number of hydrogen-bond donors (Lipinski definition) is 2. The molecule has 0 aliphatic heterocycles. The molecular formula is C18H14N2O3S. The van der Waals surface area contributed by atoms with Crippen molar-refractivity contribution in [3.05, 3.63) is 76.1 Å². The molecular weight excluding hydrogens is 324 g/mol. The average molecular weight is 338 g/mol. The molecule has 1 aromatic heterocycles. The molecule has 2 aromatic carbocycles. The van der Waals surface area contributed by atoms with Gasteiger partial charge in [-0.1, -0.05) is 42.5 Å². The van der Waals surface area contributed by atoms with Gasteiger partial charge in [0.1, 0.15) is 4.88 Å². The summed E-state index contributed by atoms with van der Waals surface area (Å²) in [6.07, 6.45) is 0. The molecule has 5 nitrogen and oxygen atoms in total. The van der Waals surface area contributed by atoms with Crippen LogP contribution in [0.3, 0.4) is 0 Å². The molecule has 0 radical (unpaired) electrons. The lowest BCUT2D eigenvalue weighted by Gasteiger charge is -2.06. The monoisotopic (exact) mass is 338 g/mol. The van der Waals surface area contributed by atoms with Crippen molar-refractivity contribution in [1.29, 1.82) is 0 Å². The van der Waals surface area contributed by atoms with E-state index in [9.17, 15) is 9.59 Å². The van der Waals surface area contributed by atoms with Crippen LogP contribution < -0.4 is 5.32 Å². The van der Waals surface area contributed by atoms with Crippen LogP contribution in [0.1, 0.15) is 25.6 Å². The lowest BCUT2D eigenvalue weighted by Crippen LogP contribution is -2.22. The van der Waals surface area contributed by atoms with E-state index in [2.05, 4.69) is 10.3 Å². The van der Waals surface area contributed by atoms with Crippen LogP contribution in [0.15, 0.2) is 60.1 Å². The van der Waals surface area contributed by atoms with E-state index < -0.39 is 5.97 Å². The second-order valence-corrected chi connectivity index (χ2v) is 5.94. The number of amides is 1. The van der Waals surface area contributed by atoms with Crippen molar-refractivity contribution in [2.75, 3.05) is 0 Å². The zero-order valence-electron chi connectivity index (χ0n) is 12.6. The molecule has 1 amide bonds. The van der Waals surface area contributed by atoms with Crippen molar-refractivity contribution in [3.63, 3.8) is 0 Å². The highest BCUT2D eigenvalue weighted by atomic mass is 32.1. The molecule has 0 aliphatic carbocycles. The van der Waals surface area contributed by atoms with Gasteiger partial charge in [0.05, 0.1) is 16.8 Å². The van der Waals surface area contributed by atoms with E-state index in [-0.39, 0.29) is 11.5 Å². The van der Waals surface area contributed by atoms with Crippen LogP contribution in [0.25, 0.3) is 11.3 Å². The second kappa shape index (κ2) is 7.06. The van der Waals surface area contributed by atoms with Gasteiger partial charge in [-0.25, -0.2) is 9.78 Å². The SMILES string of the molecule is O=C(O)c1ccc(CNC(=O)c2scnc2-c2ccccc2)cc1. The zero-order chi connectivity index (χ0) is 16.9. The minimum absolute atomic E-state index is 0.196. The van der Waals surface area contributed by atoms with E-state index in [0.29, 0.717) is 17.1 Å². The Bertz CT molecular complexity index is 857. The van der Waals surface area contributed by atoms with E-state index in [1.165, 1.54) is 23.5 Å². The standard InChI is InChI=1S/C18H14N2O3S/c21-17(19-10-12-6-8-14(9-7-12)18(22)23)16-15(20-11-24-16)13-4-2-1-3-5-13/h1-9,11H,10H2,(H,19,21)(H,22,23). The summed E-state index contributed by atoms with van der Waals surface area (Å²) in [5.74, 6) is -1.17. The molecule has 1 heterocycles. The third-order valence-corrected chi connectivity index (χ3v) is 4.30. The van der Waals surface area contributed by atoms with Crippen molar-refractivity contribution in [1.82, 2.24) is 10.3 Å². The Balaban J connectivity index is 1.70. The van der Waals surface area contributed by atoms with E-state index in [1.807, 2.05) is 30.3 Å². The van der Waals surface area contributed by atoms with E-state index >= 15 is 0 Å². The summed E-state index contributed by atoms with van der Waals surface area (Å²) in [4.78, 5) is 28.1. The number of rotatable bonds is 5. The number of aromatic nitrogens is 1. The summed E-state index contributed by atoms with van der Waals surface area (Å²) in [5.41, 5.74) is 4.27. The summed E-state index contributed by atoms with van der Waals surface area (Å²) in [6, 6.07) is 16.0. The highest BCUT2D eigenvalue weighted by Crippen LogP contribution is 2.25. The number of benzene rings is 2. The summed E-state index contributed by atoms with van der Waals surface area (Å²) in [5, 5.41) is 11.7. The predicted molar refractivity (Wildman–Crippen MR) is 92.1 cm³/mol. The molecule has 0 saturated heterocycles. The number of thiazole rings is 1. The van der Waals surface area contributed by atoms with Gasteiger partial charge in [-0.05, 0) is 17.7 Å². The van der Waals surface area contributed by atoms with Crippen molar-refractivity contribution >= 4 is 23.2 Å². The first kappa shape index (κ1) is 15.9. The number of nitrogens with one attached hydrogen (secondary N) is 1. The van der Waals surface area contributed by atoms with Gasteiger partial charge in [0, 0.05) is 12.1 Å². The van der Waals surface area contributed by atoms with Crippen LogP contribution in [-0.2, 0) is 6.54 Å². The molecule has 0 fully saturated rings. The first-order valence-corrected chi connectivity index (χ1v) is 8.12. The third-order valence-electron chi connectivity index (χ3n) is 3.47. The maximum Gasteiger partial charge on any atom is 0.335 e. The van der Waals surface area contributed by atoms with E-state index in [4.69, 9.17) is 5.11 Å². The molecule has 24 heavy (non-hydrogen) atoms. The van der Waals surface area contributed by atoms with Gasteiger partial charge in [0.2, 0.25) is 0 Å². The first-order valence-electron chi connectivity index (χ1n) is 7.24. The molecule has 3 aromatic rings. The van der Waals surface area contributed by atoms with Gasteiger partial charge in [0.15, 0.2) is 0 Å². The average Bonchev–Trinajstić information content (AvgIpc) is 3.10. The van der Waals surface area contributed by atoms with Crippen LogP contribution in [0.4, 0.5) is 0 Å². The molecule has 0 bridgehead atoms. The minimum Gasteiger partial charge on any atom is -0.478 e. The number of hydrogen-bond acceptors (Lipinski definition) is 4. The lowest BCUT2D eigenvalue weighted by molar-refractivity contribution is 0.0696. The highest BCUT2D eigenvalue weighted by molar-refractivity contribution is 7.12. The van der Waals surface area contributed by atoms with Gasteiger partial charge in [-0.3, -0.25) is 4.79 Å². The summed E-state index contributed by atoms with van der Waals surface area (Å²) < 4.78 is 0. The number of aromatic carboxylic acids is 1. The highest BCUT2D eigenvalue weighted by Gasteiger charge is 2.15. The van der Waals surface area contributed by atoms with Crippen molar-refractivity contribution in [2.45, 2.75) is 6.54 Å². The fourth-order valence-corrected chi connectivity index (χ4v) is 2.96. The Hall–Kier alpha value is -2.99. The van der Waals surface area contributed by atoms with Crippen molar-refractivity contribution in [3.8, 4) is 11.3 Å². The van der Waals surface area contributed by atoms with Gasteiger partial charge < -0.3 is 10.4 Å². The molecule has 0 aliphatic rings. The summed E-state index contributed by atoms with van der Waals surface area (Å²) in [6.45, 7) is 0.324. The summed E-state index contributed by atoms with van der Waals surface area (Å²) in [7, 11) is 0. The van der Waals surface area contributed by atoms with E-state index in [0.717, 1.165) is 11.1 Å². The van der Waals surface area contributed by atoms with Gasteiger partial charge >= 0.3 is 5.97 Å². The third kappa shape index (κ3) is 3.49. The first-order chi connectivity index (χ1) is 11.6. The molecule has 3 rings (SSSR count). The number of carboxylic acid groups (broad SMARTS) is 1. The van der Waals surface area contributed by atoms with Crippen molar-refractivity contribution < 1.29 is 14.7 Å². The quantitative estimate of drug-likeness (QED) is 0.747.